The van der Waals surface area contributed by atoms with Gasteiger partial charge in [0.1, 0.15) is 22.6 Å². The maximum atomic E-state index is 12.6. The molecule has 0 unspecified atom stereocenters. The van der Waals surface area contributed by atoms with E-state index >= 15 is 0 Å². The molecule has 2 aromatic carbocycles. The van der Waals surface area contributed by atoms with Gasteiger partial charge in [0.15, 0.2) is 6.61 Å². The van der Waals surface area contributed by atoms with Crippen LogP contribution in [0.5, 0.6) is 11.5 Å². The van der Waals surface area contributed by atoms with Crippen molar-refractivity contribution in [2.45, 2.75) is 52.0 Å². The molecule has 7 nitrogen and oxygen atoms in total. The van der Waals surface area contributed by atoms with Gasteiger partial charge in [0.05, 0.1) is 0 Å². The van der Waals surface area contributed by atoms with Crippen LogP contribution in [-0.2, 0) is 4.79 Å². The van der Waals surface area contributed by atoms with Gasteiger partial charge < -0.3 is 19.2 Å². The number of fused-ring (bicyclic) bond motifs is 1. The molecule has 1 saturated carbocycles. The number of amides is 1. The number of rotatable bonds is 6. The average molecular weight is 450 g/mol. The van der Waals surface area contributed by atoms with E-state index in [-0.39, 0.29) is 29.5 Å². The molecule has 0 radical (unpaired) electrons. The third kappa shape index (κ3) is 5.61. The van der Waals surface area contributed by atoms with E-state index in [4.69, 9.17) is 13.9 Å². The summed E-state index contributed by atoms with van der Waals surface area (Å²) in [7, 11) is 0. The molecular formula is C26H27NO6. The van der Waals surface area contributed by atoms with E-state index in [9.17, 15) is 14.4 Å². The lowest BCUT2D eigenvalue weighted by molar-refractivity contribution is -0.136. The normalized spacial score (nSPS) is 14.1. The minimum absolute atomic E-state index is 0.0280. The lowest BCUT2D eigenvalue weighted by Gasteiger charge is -2.22. The number of carbonyl (C=O) groups is 2. The van der Waals surface area contributed by atoms with E-state index in [0.29, 0.717) is 11.1 Å². The predicted molar refractivity (Wildman–Crippen MR) is 124 cm³/mol. The Morgan fingerprint density at radius 2 is 1.82 bits per heavy atom. The summed E-state index contributed by atoms with van der Waals surface area (Å²) in [6.07, 6.45) is 5.18. The van der Waals surface area contributed by atoms with Crippen molar-refractivity contribution in [1.82, 2.24) is 5.32 Å². The number of ether oxygens (including phenoxy) is 2. The summed E-state index contributed by atoms with van der Waals surface area (Å²) in [5.41, 5.74) is 1.43. The molecule has 7 heteroatoms. The van der Waals surface area contributed by atoms with Crippen LogP contribution in [0.3, 0.4) is 0 Å². The molecule has 1 aliphatic carbocycles. The van der Waals surface area contributed by atoms with E-state index in [1.54, 1.807) is 12.1 Å². The summed E-state index contributed by atoms with van der Waals surface area (Å²) in [4.78, 5) is 37.2. The van der Waals surface area contributed by atoms with Gasteiger partial charge in [-0.3, -0.25) is 4.79 Å². The molecule has 0 atom stereocenters. The Balaban J connectivity index is 1.42. The van der Waals surface area contributed by atoms with E-state index in [1.165, 1.54) is 18.6 Å². The number of nitrogens with one attached hydrogen (secondary N) is 1. The molecule has 1 N–H and O–H groups in total. The van der Waals surface area contributed by atoms with E-state index in [1.807, 2.05) is 32.0 Å². The number of hydrogen-bond donors (Lipinski definition) is 1. The van der Waals surface area contributed by atoms with Crippen molar-refractivity contribution < 1.29 is 23.5 Å². The smallest absolute Gasteiger partial charge is 0.349 e. The first kappa shape index (κ1) is 22.6. The Labute approximate surface area is 191 Å². The second kappa shape index (κ2) is 9.90. The summed E-state index contributed by atoms with van der Waals surface area (Å²) >= 11 is 0. The Kier molecular flexibility index (Phi) is 6.77. The maximum Gasteiger partial charge on any atom is 0.349 e. The van der Waals surface area contributed by atoms with Crippen LogP contribution in [0.25, 0.3) is 11.0 Å². The van der Waals surface area contributed by atoms with Crippen LogP contribution >= 0.6 is 0 Å². The Morgan fingerprint density at radius 3 is 2.61 bits per heavy atom. The summed E-state index contributed by atoms with van der Waals surface area (Å²) in [6.45, 7) is 3.58. The second-order valence-corrected chi connectivity index (χ2v) is 8.49. The highest BCUT2D eigenvalue weighted by Gasteiger charge is 2.20. The fraction of sp³-hybridized carbons (Fsp3) is 0.346. The number of aryl methyl sites for hydroxylation is 2. The molecule has 0 saturated heterocycles. The van der Waals surface area contributed by atoms with Gasteiger partial charge in [0.25, 0.3) is 5.91 Å². The zero-order valence-electron chi connectivity index (χ0n) is 18.8. The number of carbonyl (C=O) groups excluding carboxylic acids is 2. The van der Waals surface area contributed by atoms with Gasteiger partial charge >= 0.3 is 11.6 Å². The molecule has 1 fully saturated rings. The molecule has 0 bridgehead atoms. The first-order valence-corrected chi connectivity index (χ1v) is 11.2. The zero-order valence-corrected chi connectivity index (χ0v) is 18.8. The largest absolute Gasteiger partial charge is 0.482 e. The maximum absolute atomic E-state index is 12.6. The lowest BCUT2D eigenvalue weighted by atomic mass is 9.95. The van der Waals surface area contributed by atoms with Crippen molar-refractivity contribution >= 4 is 22.8 Å². The van der Waals surface area contributed by atoms with Crippen molar-refractivity contribution in [3.8, 4) is 11.5 Å². The topological polar surface area (TPSA) is 94.8 Å². The molecule has 172 valence electrons. The molecule has 33 heavy (non-hydrogen) atoms. The minimum Gasteiger partial charge on any atom is -0.482 e. The van der Waals surface area contributed by atoms with Gasteiger partial charge in [-0.2, -0.15) is 0 Å². The monoisotopic (exact) mass is 449 g/mol. The second-order valence-electron chi connectivity index (χ2n) is 8.49. The third-order valence-corrected chi connectivity index (χ3v) is 5.81. The van der Waals surface area contributed by atoms with E-state index in [0.717, 1.165) is 36.8 Å². The first-order valence-electron chi connectivity index (χ1n) is 11.2. The minimum atomic E-state index is -0.724. The van der Waals surface area contributed by atoms with E-state index < -0.39 is 17.5 Å². The van der Waals surface area contributed by atoms with Crippen LogP contribution in [0.4, 0.5) is 0 Å². The van der Waals surface area contributed by atoms with Gasteiger partial charge in [-0.15, -0.1) is 0 Å². The van der Waals surface area contributed by atoms with Crippen molar-refractivity contribution in [1.29, 1.82) is 0 Å². The van der Waals surface area contributed by atoms with Crippen LogP contribution in [0.15, 0.2) is 51.7 Å². The van der Waals surface area contributed by atoms with Crippen molar-refractivity contribution in [2.24, 2.45) is 0 Å². The highest BCUT2D eigenvalue weighted by molar-refractivity contribution is 5.97. The van der Waals surface area contributed by atoms with Crippen molar-refractivity contribution in [3.05, 3.63) is 69.6 Å². The molecule has 0 aliphatic heterocycles. The van der Waals surface area contributed by atoms with Gasteiger partial charge in [0.2, 0.25) is 0 Å². The molecule has 3 aromatic rings. The Bertz CT molecular complexity index is 1240. The van der Waals surface area contributed by atoms with Crippen LogP contribution in [0.2, 0.25) is 0 Å². The quantitative estimate of drug-likeness (QED) is 0.339. The highest BCUT2D eigenvalue weighted by Crippen LogP contribution is 2.23. The first-order chi connectivity index (χ1) is 15.9. The Hall–Kier alpha value is -3.61. The zero-order chi connectivity index (χ0) is 23.4. The number of hydrogen-bond acceptors (Lipinski definition) is 6. The van der Waals surface area contributed by atoms with Crippen molar-refractivity contribution in [2.75, 3.05) is 6.61 Å². The number of benzene rings is 2. The van der Waals surface area contributed by atoms with Gasteiger partial charge in [-0.1, -0.05) is 31.4 Å². The van der Waals surface area contributed by atoms with Crippen LogP contribution < -0.4 is 20.4 Å². The molecule has 1 aliphatic rings. The van der Waals surface area contributed by atoms with Crippen LogP contribution in [0.1, 0.15) is 53.6 Å². The van der Waals surface area contributed by atoms with Crippen LogP contribution in [-0.4, -0.2) is 24.5 Å². The summed E-state index contributed by atoms with van der Waals surface area (Å²) in [5.74, 6) is -0.159. The summed E-state index contributed by atoms with van der Waals surface area (Å²) in [5, 5.41) is 3.50. The molecule has 1 amide bonds. The van der Waals surface area contributed by atoms with Gasteiger partial charge in [-0.25, -0.2) is 9.59 Å². The fourth-order valence-electron chi connectivity index (χ4n) is 3.98. The predicted octanol–water partition coefficient (Wildman–Crippen LogP) is 4.46. The van der Waals surface area contributed by atoms with Crippen molar-refractivity contribution in [3.63, 3.8) is 0 Å². The number of esters is 1. The summed E-state index contributed by atoms with van der Waals surface area (Å²) in [6, 6.07) is 12.0. The summed E-state index contributed by atoms with van der Waals surface area (Å²) < 4.78 is 16.2. The highest BCUT2D eigenvalue weighted by atomic mass is 16.6. The standard InChI is InChI=1S/C26H27NO6/c1-16-8-9-17(2)22(12-16)31-15-24(28)32-20-11-10-18-13-21(26(30)33-23(18)14-20)25(29)27-19-6-4-3-5-7-19/h8-14,19H,3-7,15H2,1-2H3,(H,27,29). The molecule has 1 aromatic heterocycles. The fourth-order valence-corrected chi connectivity index (χ4v) is 3.98. The van der Waals surface area contributed by atoms with Gasteiger partial charge in [0, 0.05) is 17.5 Å². The lowest BCUT2D eigenvalue weighted by Crippen LogP contribution is -2.38. The molecule has 4 rings (SSSR count). The third-order valence-electron chi connectivity index (χ3n) is 5.81. The molecular weight excluding hydrogens is 422 g/mol. The molecule has 1 heterocycles. The Morgan fingerprint density at radius 1 is 1.03 bits per heavy atom. The average Bonchev–Trinajstić information content (AvgIpc) is 2.79. The SMILES string of the molecule is Cc1ccc(C)c(OCC(=O)Oc2ccc3cc(C(=O)NC4CCCCC4)c(=O)oc3c2)c1. The molecule has 0 spiro atoms. The van der Waals surface area contributed by atoms with E-state index in [2.05, 4.69) is 5.32 Å². The van der Waals surface area contributed by atoms with Gasteiger partial charge in [-0.05, 0) is 62.1 Å². The van der Waals surface area contributed by atoms with Crippen LogP contribution in [0, 0.1) is 13.8 Å².